The van der Waals surface area contributed by atoms with Crippen molar-refractivity contribution < 1.29 is 9.72 Å². The summed E-state index contributed by atoms with van der Waals surface area (Å²) < 4.78 is 0. The standard InChI is InChI=1S/C18H16N4O3S/c23-18(21-14-7-4-8-16(11-14)22(24)25)19-10-9-15-12-26-17(20-15)13-5-2-1-3-6-13/h1-8,11-12H,9-10H2,(H2,19,21,23). The van der Waals surface area contributed by atoms with Gasteiger partial charge in [-0.05, 0) is 6.07 Å². The molecule has 3 rings (SSSR count). The largest absolute Gasteiger partial charge is 0.337 e. The number of aromatic nitrogens is 1. The first kappa shape index (κ1) is 17.6. The summed E-state index contributed by atoms with van der Waals surface area (Å²) in [4.78, 5) is 26.7. The molecule has 0 fully saturated rings. The van der Waals surface area contributed by atoms with Gasteiger partial charge in [0.2, 0.25) is 0 Å². The fraction of sp³-hybridized carbons (Fsp3) is 0.111. The number of amides is 2. The first-order valence-electron chi connectivity index (χ1n) is 7.91. The van der Waals surface area contributed by atoms with E-state index in [1.807, 2.05) is 35.7 Å². The van der Waals surface area contributed by atoms with E-state index in [1.165, 1.54) is 18.2 Å². The lowest BCUT2D eigenvalue weighted by Crippen LogP contribution is -2.30. The van der Waals surface area contributed by atoms with Crippen molar-refractivity contribution in [3.05, 3.63) is 75.8 Å². The highest BCUT2D eigenvalue weighted by molar-refractivity contribution is 7.13. The van der Waals surface area contributed by atoms with Crippen molar-refractivity contribution in [3.8, 4) is 10.6 Å². The number of anilines is 1. The van der Waals surface area contributed by atoms with Gasteiger partial charge in [0.15, 0.2) is 0 Å². The van der Waals surface area contributed by atoms with E-state index in [0.717, 1.165) is 16.3 Å². The van der Waals surface area contributed by atoms with Gasteiger partial charge in [-0.25, -0.2) is 9.78 Å². The Labute approximate surface area is 153 Å². The maximum absolute atomic E-state index is 11.9. The normalized spacial score (nSPS) is 10.3. The molecule has 0 aliphatic carbocycles. The van der Waals surface area contributed by atoms with E-state index < -0.39 is 11.0 Å². The molecular formula is C18H16N4O3S. The molecule has 2 N–H and O–H groups in total. The maximum atomic E-state index is 11.9. The first-order valence-corrected chi connectivity index (χ1v) is 8.79. The molecule has 0 saturated carbocycles. The Morgan fingerprint density at radius 3 is 2.73 bits per heavy atom. The van der Waals surface area contributed by atoms with E-state index >= 15 is 0 Å². The summed E-state index contributed by atoms with van der Waals surface area (Å²) in [5.41, 5.74) is 2.28. The van der Waals surface area contributed by atoms with E-state index in [4.69, 9.17) is 0 Å². The van der Waals surface area contributed by atoms with Crippen LogP contribution < -0.4 is 10.6 Å². The quantitative estimate of drug-likeness (QED) is 0.506. The van der Waals surface area contributed by atoms with Crippen LogP contribution in [0.4, 0.5) is 16.2 Å². The number of non-ortho nitro benzene ring substituents is 1. The Bertz CT molecular complexity index is 912. The van der Waals surface area contributed by atoms with Crippen molar-refractivity contribution >= 4 is 28.7 Å². The van der Waals surface area contributed by atoms with Crippen LogP contribution in [0.2, 0.25) is 0 Å². The van der Waals surface area contributed by atoms with Gasteiger partial charge in [-0.3, -0.25) is 10.1 Å². The molecule has 2 aromatic carbocycles. The second kappa shape index (κ2) is 8.21. The molecule has 0 radical (unpaired) electrons. The van der Waals surface area contributed by atoms with E-state index in [2.05, 4.69) is 15.6 Å². The Kier molecular flexibility index (Phi) is 5.55. The number of benzene rings is 2. The molecule has 132 valence electrons. The van der Waals surface area contributed by atoms with Crippen molar-refractivity contribution in [1.82, 2.24) is 10.3 Å². The second-order valence-corrected chi connectivity index (χ2v) is 6.31. The summed E-state index contributed by atoms with van der Waals surface area (Å²) in [6, 6.07) is 15.3. The highest BCUT2D eigenvalue weighted by Crippen LogP contribution is 2.23. The van der Waals surface area contributed by atoms with Gasteiger partial charge in [-0.2, -0.15) is 0 Å². The predicted octanol–water partition coefficient (Wildman–Crippen LogP) is 4.08. The summed E-state index contributed by atoms with van der Waals surface area (Å²) in [6.07, 6.45) is 0.603. The Morgan fingerprint density at radius 1 is 1.15 bits per heavy atom. The number of nitro groups is 1. The third-order valence-corrected chi connectivity index (χ3v) is 4.49. The number of nitro benzene ring substituents is 1. The van der Waals surface area contributed by atoms with E-state index in [0.29, 0.717) is 18.7 Å². The Hall–Kier alpha value is -3.26. The Balaban J connectivity index is 1.49. The van der Waals surface area contributed by atoms with E-state index in [-0.39, 0.29) is 5.69 Å². The van der Waals surface area contributed by atoms with Crippen molar-refractivity contribution in [1.29, 1.82) is 0 Å². The molecule has 1 heterocycles. The lowest BCUT2D eigenvalue weighted by molar-refractivity contribution is -0.384. The monoisotopic (exact) mass is 368 g/mol. The molecule has 0 atom stereocenters. The maximum Gasteiger partial charge on any atom is 0.319 e. The summed E-state index contributed by atoms with van der Waals surface area (Å²) in [6.45, 7) is 0.415. The minimum Gasteiger partial charge on any atom is -0.337 e. The summed E-state index contributed by atoms with van der Waals surface area (Å²) in [7, 11) is 0. The van der Waals surface area contributed by atoms with Crippen LogP contribution in [0.5, 0.6) is 0 Å². The Morgan fingerprint density at radius 2 is 1.96 bits per heavy atom. The highest BCUT2D eigenvalue weighted by atomic mass is 32.1. The zero-order chi connectivity index (χ0) is 18.4. The van der Waals surface area contributed by atoms with E-state index in [9.17, 15) is 14.9 Å². The van der Waals surface area contributed by atoms with Gasteiger partial charge in [0.25, 0.3) is 5.69 Å². The first-order chi connectivity index (χ1) is 12.6. The van der Waals surface area contributed by atoms with Crippen LogP contribution in [0.1, 0.15) is 5.69 Å². The molecular weight excluding hydrogens is 352 g/mol. The van der Waals surface area contributed by atoms with Crippen LogP contribution in [0.15, 0.2) is 60.0 Å². The minimum absolute atomic E-state index is 0.0706. The lowest BCUT2D eigenvalue weighted by atomic mass is 10.2. The molecule has 0 aliphatic heterocycles. The fourth-order valence-corrected chi connectivity index (χ4v) is 3.17. The van der Waals surface area contributed by atoms with Gasteiger partial charge >= 0.3 is 6.03 Å². The topological polar surface area (TPSA) is 97.2 Å². The molecule has 0 saturated heterocycles. The number of nitrogens with one attached hydrogen (secondary N) is 2. The van der Waals surface area contributed by atoms with Crippen LogP contribution in [0.3, 0.4) is 0 Å². The number of urea groups is 1. The number of hydrogen-bond acceptors (Lipinski definition) is 5. The van der Waals surface area contributed by atoms with Crippen LogP contribution in [0, 0.1) is 10.1 Å². The average molecular weight is 368 g/mol. The summed E-state index contributed by atoms with van der Waals surface area (Å²) in [5, 5.41) is 19.0. The summed E-state index contributed by atoms with van der Waals surface area (Å²) in [5.74, 6) is 0. The minimum atomic E-state index is -0.504. The zero-order valence-corrected chi connectivity index (χ0v) is 14.5. The molecule has 8 heteroatoms. The van der Waals surface area contributed by atoms with Crippen molar-refractivity contribution in [2.75, 3.05) is 11.9 Å². The van der Waals surface area contributed by atoms with Crippen molar-refractivity contribution in [3.63, 3.8) is 0 Å². The highest BCUT2D eigenvalue weighted by Gasteiger charge is 2.08. The zero-order valence-electron chi connectivity index (χ0n) is 13.7. The molecule has 0 unspecified atom stereocenters. The van der Waals surface area contributed by atoms with Crippen LogP contribution >= 0.6 is 11.3 Å². The van der Waals surface area contributed by atoms with Crippen molar-refractivity contribution in [2.45, 2.75) is 6.42 Å². The van der Waals surface area contributed by atoms with Gasteiger partial charge < -0.3 is 10.6 Å². The van der Waals surface area contributed by atoms with Gasteiger partial charge in [0, 0.05) is 41.7 Å². The number of thiazole rings is 1. The molecule has 2 amide bonds. The smallest absolute Gasteiger partial charge is 0.319 e. The average Bonchev–Trinajstić information content (AvgIpc) is 3.11. The second-order valence-electron chi connectivity index (χ2n) is 5.45. The van der Waals surface area contributed by atoms with Crippen LogP contribution in [0.25, 0.3) is 10.6 Å². The molecule has 0 bridgehead atoms. The number of rotatable bonds is 6. The fourth-order valence-electron chi connectivity index (χ4n) is 2.31. The van der Waals surface area contributed by atoms with Crippen molar-refractivity contribution in [2.24, 2.45) is 0 Å². The number of carbonyl (C=O) groups excluding carboxylic acids is 1. The lowest BCUT2D eigenvalue weighted by Gasteiger charge is -2.06. The van der Waals surface area contributed by atoms with Crippen LogP contribution in [-0.4, -0.2) is 22.5 Å². The van der Waals surface area contributed by atoms with Gasteiger partial charge in [-0.1, -0.05) is 36.4 Å². The molecule has 7 nitrogen and oxygen atoms in total. The van der Waals surface area contributed by atoms with Gasteiger partial charge in [0.1, 0.15) is 5.01 Å². The molecule has 26 heavy (non-hydrogen) atoms. The number of hydrogen-bond donors (Lipinski definition) is 2. The van der Waals surface area contributed by atoms with Crippen LogP contribution in [-0.2, 0) is 6.42 Å². The molecule has 0 spiro atoms. The third-order valence-electron chi connectivity index (χ3n) is 3.55. The predicted molar refractivity (Wildman–Crippen MR) is 101 cm³/mol. The van der Waals surface area contributed by atoms with Gasteiger partial charge in [0.05, 0.1) is 10.6 Å². The number of nitrogens with zero attached hydrogens (tertiary/aromatic N) is 2. The molecule has 3 aromatic rings. The van der Waals surface area contributed by atoms with E-state index in [1.54, 1.807) is 17.4 Å². The molecule has 1 aromatic heterocycles. The summed E-state index contributed by atoms with van der Waals surface area (Å²) >= 11 is 1.57. The SMILES string of the molecule is O=C(NCCc1csc(-c2ccccc2)n1)Nc1cccc([N+](=O)[O-])c1. The third kappa shape index (κ3) is 4.64. The number of carbonyl (C=O) groups is 1. The molecule has 0 aliphatic rings. The van der Waals surface area contributed by atoms with Gasteiger partial charge in [-0.15, -0.1) is 11.3 Å².